The van der Waals surface area contributed by atoms with Crippen molar-refractivity contribution in [3.63, 3.8) is 0 Å². The predicted octanol–water partition coefficient (Wildman–Crippen LogP) is 7.40. The van der Waals surface area contributed by atoms with E-state index in [9.17, 15) is 0 Å². The van der Waals surface area contributed by atoms with Crippen LogP contribution in [0.2, 0.25) is 0 Å². The minimum atomic E-state index is 1.02. The van der Waals surface area contributed by atoms with E-state index in [1.807, 2.05) is 0 Å². The monoisotopic (exact) mass is 422 g/mol. The molecule has 4 aromatic carbocycles. The maximum Gasteiger partial charge on any atom is 0.145 e. The number of nitrogens with zero attached hydrogens (tertiary/aromatic N) is 2. The summed E-state index contributed by atoms with van der Waals surface area (Å²) in [6.07, 6.45) is 2.07. The van der Waals surface area contributed by atoms with Crippen molar-refractivity contribution in [1.82, 2.24) is 9.38 Å². The number of hydrogen-bond donors (Lipinski definition) is 0. The molecule has 0 saturated heterocycles. The second-order valence-corrected chi connectivity index (χ2v) is 9.61. The molecule has 156 valence electrons. The molecule has 0 aliphatic heterocycles. The van der Waals surface area contributed by atoms with Crippen molar-refractivity contribution < 1.29 is 0 Å². The van der Waals surface area contributed by atoms with Crippen LogP contribution < -0.4 is 0 Å². The van der Waals surface area contributed by atoms with E-state index in [0.29, 0.717) is 0 Å². The van der Waals surface area contributed by atoms with Gasteiger partial charge in [0.2, 0.25) is 0 Å². The highest BCUT2D eigenvalue weighted by Crippen LogP contribution is 2.49. The van der Waals surface area contributed by atoms with Crippen LogP contribution in [0.3, 0.4) is 0 Å². The van der Waals surface area contributed by atoms with E-state index in [1.165, 1.54) is 71.9 Å². The minimum Gasteiger partial charge on any atom is -0.296 e. The average Bonchev–Trinajstić information content (AvgIpc) is 3.50. The van der Waals surface area contributed by atoms with Gasteiger partial charge in [-0.15, -0.1) is 0 Å². The van der Waals surface area contributed by atoms with Crippen molar-refractivity contribution in [2.75, 3.05) is 0 Å². The average molecular weight is 423 g/mol. The van der Waals surface area contributed by atoms with Gasteiger partial charge in [0.15, 0.2) is 0 Å². The van der Waals surface area contributed by atoms with Crippen molar-refractivity contribution >= 4 is 27.3 Å². The van der Waals surface area contributed by atoms with E-state index in [0.717, 1.165) is 24.2 Å². The fraction of sp³-hybridized carbons (Fsp3) is 0.129. The van der Waals surface area contributed by atoms with Gasteiger partial charge in [0.25, 0.3) is 0 Å². The molecule has 2 aromatic heterocycles. The summed E-state index contributed by atoms with van der Waals surface area (Å²) in [5.74, 6) is 0. The van der Waals surface area contributed by atoms with Crippen molar-refractivity contribution in [2.45, 2.75) is 26.7 Å². The highest BCUT2D eigenvalue weighted by Gasteiger charge is 2.30. The van der Waals surface area contributed by atoms with Crippen LogP contribution in [0, 0.1) is 13.8 Å². The Labute approximate surface area is 192 Å². The number of aryl methyl sites for hydroxylation is 2. The van der Waals surface area contributed by atoms with Crippen LogP contribution in [-0.4, -0.2) is 9.38 Å². The Morgan fingerprint density at radius 3 is 2.30 bits per heavy atom. The summed E-state index contributed by atoms with van der Waals surface area (Å²) in [6, 6.07) is 27.1. The van der Waals surface area contributed by atoms with Gasteiger partial charge in [-0.05, 0) is 82.6 Å². The molecular formula is C31H22N2. The lowest BCUT2D eigenvalue weighted by atomic mass is 9.93. The maximum absolute atomic E-state index is 4.96. The van der Waals surface area contributed by atoms with Crippen molar-refractivity contribution in [1.29, 1.82) is 0 Å². The summed E-state index contributed by atoms with van der Waals surface area (Å²) >= 11 is 0. The van der Waals surface area contributed by atoms with Gasteiger partial charge in [-0.1, -0.05) is 66.7 Å². The topological polar surface area (TPSA) is 17.3 Å². The van der Waals surface area contributed by atoms with Crippen LogP contribution in [0.5, 0.6) is 0 Å². The van der Waals surface area contributed by atoms with Crippen LogP contribution in [0.1, 0.15) is 33.6 Å². The van der Waals surface area contributed by atoms with E-state index < -0.39 is 0 Å². The smallest absolute Gasteiger partial charge is 0.145 e. The summed E-state index contributed by atoms with van der Waals surface area (Å²) in [7, 11) is 0. The van der Waals surface area contributed by atoms with E-state index in [1.54, 1.807) is 0 Å². The molecular weight excluding hydrogens is 400 g/mol. The third-order valence-electron chi connectivity index (χ3n) is 8.03. The number of aromatic nitrogens is 2. The number of rotatable bonds is 0. The van der Waals surface area contributed by atoms with Gasteiger partial charge in [0.05, 0.1) is 11.2 Å². The van der Waals surface area contributed by atoms with Crippen LogP contribution in [0.15, 0.2) is 72.8 Å². The molecule has 0 N–H and O–H groups in total. The molecule has 0 fully saturated rings. The molecule has 2 heteroatoms. The zero-order chi connectivity index (χ0) is 21.8. The molecule has 0 spiro atoms. The largest absolute Gasteiger partial charge is 0.296 e. The zero-order valence-corrected chi connectivity index (χ0v) is 18.7. The van der Waals surface area contributed by atoms with Crippen LogP contribution in [0.25, 0.3) is 49.6 Å². The number of hydrogen-bond acceptors (Lipinski definition) is 1. The number of pyridine rings is 1. The van der Waals surface area contributed by atoms with E-state index in [-0.39, 0.29) is 0 Å². The normalized spacial score (nSPS) is 13.5. The first-order valence-electron chi connectivity index (χ1n) is 11.8. The van der Waals surface area contributed by atoms with Crippen molar-refractivity contribution in [3.8, 4) is 22.3 Å². The molecule has 2 nitrogen and oxygen atoms in total. The molecule has 0 atom stereocenters. The molecule has 2 heterocycles. The Balaban J connectivity index is 1.52. The van der Waals surface area contributed by atoms with Gasteiger partial charge in [-0.2, -0.15) is 0 Å². The van der Waals surface area contributed by atoms with Crippen LogP contribution >= 0.6 is 0 Å². The van der Waals surface area contributed by atoms with Gasteiger partial charge in [-0.25, -0.2) is 4.98 Å². The number of fused-ring (bicyclic) bond motifs is 14. The van der Waals surface area contributed by atoms with Crippen LogP contribution in [0.4, 0.5) is 0 Å². The first-order chi connectivity index (χ1) is 16.2. The lowest BCUT2D eigenvalue weighted by molar-refractivity contribution is 1.14. The van der Waals surface area contributed by atoms with Crippen LogP contribution in [-0.2, 0) is 12.8 Å². The van der Waals surface area contributed by atoms with Gasteiger partial charge in [0, 0.05) is 16.5 Å². The molecule has 0 amide bonds. The minimum absolute atomic E-state index is 1.02. The van der Waals surface area contributed by atoms with E-state index in [2.05, 4.69) is 91.0 Å². The summed E-state index contributed by atoms with van der Waals surface area (Å²) < 4.78 is 2.37. The Bertz CT molecular complexity index is 1830. The molecule has 8 rings (SSSR count). The van der Waals surface area contributed by atoms with Crippen molar-refractivity contribution in [3.05, 3.63) is 106 Å². The summed E-state index contributed by atoms with van der Waals surface area (Å²) in [5.41, 5.74) is 16.3. The van der Waals surface area contributed by atoms with Crippen molar-refractivity contribution in [2.24, 2.45) is 0 Å². The Morgan fingerprint density at radius 1 is 0.667 bits per heavy atom. The first-order valence-corrected chi connectivity index (χ1v) is 11.8. The van der Waals surface area contributed by atoms with E-state index >= 15 is 0 Å². The quantitative estimate of drug-likeness (QED) is 0.233. The number of imidazole rings is 1. The van der Waals surface area contributed by atoms with Gasteiger partial charge < -0.3 is 0 Å². The fourth-order valence-corrected chi connectivity index (χ4v) is 6.43. The molecule has 6 aromatic rings. The standard InChI is InChI=1S/C31H22N2/c1-17-18(2)33-28-14-11-20-16-27-24(13-12-22-21-8-4-3-7-19(21)15-26(22)27)29(20)30(28)23-9-5-6-10-25(23)31(33)32-17/h3-14H,15-16H2,1-2H3. The molecule has 2 aliphatic carbocycles. The summed E-state index contributed by atoms with van der Waals surface area (Å²) in [6.45, 7) is 4.31. The highest BCUT2D eigenvalue weighted by molar-refractivity contribution is 6.18. The second kappa shape index (κ2) is 5.90. The Kier molecular flexibility index (Phi) is 3.15. The molecule has 2 aliphatic rings. The molecule has 0 bridgehead atoms. The Hall–Kier alpha value is -3.91. The lowest BCUT2D eigenvalue weighted by Gasteiger charge is -2.14. The first kappa shape index (κ1) is 17.6. The highest BCUT2D eigenvalue weighted by atomic mass is 15.0. The molecule has 0 radical (unpaired) electrons. The number of benzene rings is 4. The molecule has 33 heavy (non-hydrogen) atoms. The fourth-order valence-electron chi connectivity index (χ4n) is 6.43. The Morgan fingerprint density at radius 2 is 1.39 bits per heavy atom. The van der Waals surface area contributed by atoms with Gasteiger partial charge in [0.1, 0.15) is 5.65 Å². The summed E-state index contributed by atoms with van der Waals surface area (Å²) in [5, 5.41) is 3.90. The zero-order valence-electron chi connectivity index (χ0n) is 18.7. The van der Waals surface area contributed by atoms with Gasteiger partial charge >= 0.3 is 0 Å². The van der Waals surface area contributed by atoms with Gasteiger partial charge in [-0.3, -0.25) is 4.40 Å². The summed E-state index contributed by atoms with van der Waals surface area (Å²) in [4.78, 5) is 4.96. The molecule has 0 saturated carbocycles. The van der Waals surface area contributed by atoms with E-state index in [4.69, 9.17) is 4.98 Å². The predicted molar refractivity (Wildman–Crippen MR) is 136 cm³/mol. The maximum atomic E-state index is 4.96. The third kappa shape index (κ3) is 2.07. The lowest BCUT2D eigenvalue weighted by Crippen LogP contribution is -1.95. The molecule has 0 unspecified atom stereocenters. The SMILES string of the molecule is Cc1nc2c3ccccc3c3c4c(ccc3n2c1C)Cc1c-4ccc2c1Cc1ccccc1-2. The second-order valence-electron chi connectivity index (χ2n) is 9.61. The third-order valence-corrected chi connectivity index (χ3v) is 8.03.